The summed E-state index contributed by atoms with van der Waals surface area (Å²) in [6, 6.07) is 8.03. The number of nitrogens with zero attached hydrogens (tertiary/aromatic N) is 7. The number of aromatic nitrogens is 6. The third-order valence-electron chi connectivity index (χ3n) is 4.93. The van der Waals surface area contributed by atoms with Crippen molar-refractivity contribution in [1.29, 1.82) is 5.26 Å². The van der Waals surface area contributed by atoms with Gasteiger partial charge in [0.1, 0.15) is 0 Å². The van der Waals surface area contributed by atoms with Crippen molar-refractivity contribution in [2.24, 2.45) is 0 Å². The van der Waals surface area contributed by atoms with Crippen LogP contribution in [0.3, 0.4) is 0 Å². The predicted molar refractivity (Wildman–Crippen MR) is 125 cm³/mol. The summed E-state index contributed by atoms with van der Waals surface area (Å²) in [4.78, 5) is 9.82. The molecule has 3 heterocycles. The number of carbonyl (C=O) groups excluding carboxylic acids is 1. The number of halogens is 6. The molecule has 214 valence electrons. The van der Waals surface area contributed by atoms with Crippen LogP contribution in [0.1, 0.15) is 41.1 Å². The topological polar surface area (TPSA) is 117 Å². The molecule has 0 fully saturated rings. The van der Waals surface area contributed by atoms with E-state index in [0.29, 0.717) is 0 Å². The quantitative estimate of drug-likeness (QED) is 0.196. The number of aryl methyl sites for hydroxylation is 6. The molecule has 0 radical (unpaired) electrons. The largest absolute Gasteiger partial charge is 2.00 e. The summed E-state index contributed by atoms with van der Waals surface area (Å²) >= 11 is 0. The summed E-state index contributed by atoms with van der Waals surface area (Å²) < 4.78 is 74.0. The Morgan fingerprint density at radius 2 is 1.10 bits per heavy atom. The minimum Gasteiger partial charge on any atom is -0.869 e. The molecule has 0 amide bonds. The Morgan fingerprint density at radius 1 is 0.821 bits per heavy atom. The van der Waals surface area contributed by atoms with Gasteiger partial charge in [-0.2, -0.15) is 31.6 Å². The summed E-state index contributed by atoms with van der Waals surface area (Å²) in [7, 11) is -1.26. The van der Waals surface area contributed by atoms with Crippen LogP contribution in [-0.2, 0) is 21.9 Å². The van der Waals surface area contributed by atoms with E-state index in [-0.39, 0.29) is 17.1 Å². The molecule has 3 rings (SSSR count). The maximum atomic E-state index is 11.3. The second-order valence-electron chi connectivity index (χ2n) is 8.30. The molecule has 0 bridgehead atoms. The van der Waals surface area contributed by atoms with Crippen molar-refractivity contribution < 1.29 is 53.3 Å². The zero-order valence-electron chi connectivity index (χ0n) is 22.1. The van der Waals surface area contributed by atoms with E-state index in [1.54, 1.807) is 6.07 Å². The number of hydrogen-bond acceptors (Lipinski definition) is 6. The van der Waals surface area contributed by atoms with Crippen molar-refractivity contribution in [2.75, 3.05) is 0 Å². The van der Waals surface area contributed by atoms with E-state index < -0.39 is 37.1 Å². The second-order valence-corrected chi connectivity index (χ2v) is 8.30. The molecule has 0 saturated carbocycles. The molecule has 0 aliphatic carbocycles. The van der Waals surface area contributed by atoms with E-state index in [0.717, 1.165) is 34.2 Å². The number of ketones is 1. The number of allylic oxidation sites excluding steroid dienone is 2. The molecular weight excluding hydrogens is 575 g/mol. The zero-order chi connectivity index (χ0) is 29.6. The molecule has 0 saturated heterocycles. The maximum absolute atomic E-state index is 11.3. The normalized spacial score (nSPS) is 11.6. The van der Waals surface area contributed by atoms with E-state index in [2.05, 4.69) is 52.7 Å². The van der Waals surface area contributed by atoms with Gasteiger partial charge in [0.2, 0.25) is 0 Å². The average Bonchev–Trinajstić information content (AvgIpc) is 3.38. The fourth-order valence-electron chi connectivity index (χ4n) is 3.55. The predicted octanol–water partition coefficient (Wildman–Crippen LogP) is 3.24. The van der Waals surface area contributed by atoms with Gasteiger partial charge in [-0.3, -0.25) is 4.79 Å². The van der Waals surface area contributed by atoms with E-state index in [4.69, 9.17) is 20.6 Å². The van der Waals surface area contributed by atoms with Crippen molar-refractivity contribution in [3.63, 3.8) is 0 Å². The molecule has 17 heteroatoms. The van der Waals surface area contributed by atoms with Gasteiger partial charge in [-0.05, 0) is 88.7 Å². The van der Waals surface area contributed by atoms with Crippen LogP contribution in [0.15, 0.2) is 30.0 Å². The van der Waals surface area contributed by atoms with Gasteiger partial charge in [-0.25, -0.2) is 15.3 Å². The fourth-order valence-corrected chi connectivity index (χ4v) is 3.55. The molecule has 0 aromatic carbocycles. The first-order chi connectivity index (χ1) is 17.3. The Labute approximate surface area is 231 Å². The van der Waals surface area contributed by atoms with Crippen molar-refractivity contribution in [2.45, 2.75) is 60.8 Å². The molecular formula is C22H26BF6FeN7O2. The van der Waals surface area contributed by atoms with Gasteiger partial charge in [-0.1, -0.05) is 0 Å². The first kappa shape index (κ1) is 35.5. The number of alkyl halides is 6. The van der Waals surface area contributed by atoms with Crippen LogP contribution in [0.4, 0.5) is 26.3 Å². The fraction of sp³-hybridized carbons (Fsp3) is 0.409. The Morgan fingerprint density at radius 3 is 1.28 bits per heavy atom. The van der Waals surface area contributed by atoms with E-state index in [1.165, 1.54) is 6.92 Å². The number of rotatable bonds is 4. The molecule has 0 aliphatic heterocycles. The van der Waals surface area contributed by atoms with Crippen LogP contribution in [0.5, 0.6) is 0 Å². The number of carbonyl (C=O) groups is 1. The molecule has 3 aromatic rings. The average molecular weight is 601 g/mol. The molecule has 39 heavy (non-hydrogen) atoms. The Hall–Kier alpha value is -3.51. The van der Waals surface area contributed by atoms with Crippen molar-refractivity contribution in [3.8, 4) is 6.07 Å². The van der Waals surface area contributed by atoms with Crippen molar-refractivity contribution >= 4 is 12.9 Å². The van der Waals surface area contributed by atoms with Gasteiger partial charge >= 0.3 is 36.5 Å². The minimum absolute atomic E-state index is 0. The van der Waals surface area contributed by atoms with Crippen molar-refractivity contribution in [3.05, 3.63) is 64.2 Å². The molecule has 0 N–H and O–H groups in total. The number of nitriles is 1. The maximum Gasteiger partial charge on any atom is 2.00 e. The molecule has 0 atom stereocenters. The van der Waals surface area contributed by atoms with Gasteiger partial charge in [0, 0.05) is 6.92 Å². The molecule has 3 aromatic heterocycles. The van der Waals surface area contributed by atoms with Gasteiger partial charge in [0.15, 0.2) is 0 Å². The first-order valence-electron chi connectivity index (χ1n) is 11.0. The van der Waals surface area contributed by atoms with E-state index >= 15 is 0 Å². The minimum atomic E-state index is -5.46. The molecule has 0 unspecified atom stereocenters. The Balaban J connectivity index is 0.000000733. The standard InChI is InChI=1S/C15H22BN6.C5H2F6O2.C2H3N.Fe/c1-10-7-13(4)20(17-10)16(21-14(5)8-11(2)18-21)22-15(6)9-12(3)19-22;6-4(7,8)2(12)1-3(13)5(9,10)11;1-2-3;/h7-9,16H,1-6H3;1,12H;1H3;/q-1;;;+2/p-1/b;2-1-;;. The monoisotopic (exact) mass is 601 g/mol. The Kier molecular flexibility index (Phi) is 12.8. The molecule has 0 aliphatic rings. The SMILES string of the molecule is CC#N.Cc1cc(C)n([BH-](n2nc(C)cc2C)n2nc(C)cc2C)n1.O=C(/C=C(\[O-])C(F)(F)F)C(F)(F)F.[Fe+2]. The smallest absolute Gasteiger partial charge is 0.869 e. The van der Waals surface area contributed by atoms with Crippen LogP contribution >= 0.6 is 0 Å². The third-order valence-corrected chi connectivity index (χ3v) is 4.93. The van der Waals surface area contributed by atoms with Crippen molar-refractivity contribution in [1.82, 2.24) is 29.1 Å². The van der Waals surface area contributed by atoms with Crippen LogP contribution < -0.4 is 5.11 Å². The van der Waals surface area contributed by atoms with Crippen LogP contribution in [0.25, 0.3) is 0 Å². The second kappa shape index (κ2) is 14.0. The third kappa shape index (κ3) is 9.95. The summed E-state index contributed by atoms with van der Waals surface area (Å²) in [5.74, 6) is -5.65. The first-order valence-corrected chi connectivity index (χ1v) is 11.0. The van der Waals surface area contributed by atoms with E-state index in [9.17, 15) is 36.2 Å². The van der Waals surface area contributed by atoms with Crippen LogP contribution in [0, 0.1) is 52.9 Å². The number of hydrogen-bond donors (Lipinski definition) is 0. The van der Waals surface area contributed by atoms with Crippen LogP contribution in [-0.4, -0.2) is 54.3 Å². The van der Waals surface area contributed by atoms with Gasteiger partial charge in [0.05, 0.1) is 23.2 Å². The van der Waals surface area contributed by atoms with Gasteiger partial charge in [0.25, 0.3) is 5.78 Å². The zero-order valence-corrected chi connectivity index (χ0v) is 23.2. The summed E-state index contributed by atoms with van der Waals surface area (Å²) in [5.41, 5.74) is 6.40. The Bertz CT molecular complexity index is 1230. The molecule has 0 spiro atoms. The summed E-state index contributed by atoms with van der Waals surface area (Å²) in [5, 5.41) is 31.2. The van der Waals surface area contributed by atoms with Crippen LogP contribution in [0.2, 0.25) is 0 Å². The summed E-state index contributed by atoms with van der Waals surface area (Å²) in [6.45, 7) is 13.7. The van der Waals surface area contributed by atoms with E-state index in [1.807, 2.05) is 20.8 Å². The molecule has 9 nitrogen and oxygen atoms in total. The van der Waals surface area contributed by atoms with Gasteiger partial charge in [-0.15, -0.1) is 0 Å². The van der Waals surface area contributed by atoms with Gasteiger partial charge < -0.3 is 18.9 Å². The summed E-state index contributed by atoms with van der Waals surface area (Å²) in [6.07, 6.45) is -11.9.